The van der Waals surface area contributed by atoms with Crippen molar-refractivity contribution >= 4 is 5.91 Å². The molecule has 0 radical (unpaired) electrons. The molecule has 2 aliphatic heterocycles. The van der Waals surface area contributed by atoms with Crippen LogP contribution in [0.3, 0.4) is 0 Å². The van der Waals surface area contributed by atoms with E-state index in [1.165, 1.54) is 13.0 Å². The zero-order chi connectivity index (χ0) is 17.3. The zero-order valence-corrected chi connectivity index (χ0v) is 13.3. The number of alkyl halides is 3. The highest BCUT2D eigenvalue weighted by Crippen LogP contribution is 2.30. The van der Waals surface area contributed by atoms with Crippen molar-refractivity contribution in [3.8, 4) is 0 Å². The van der Waals surface area contributed by atoms with Crippen molar-refractivity contribution in [3.05, 3.63) is 29.1 Å². The first-order valence-electron chi connectivity index (χ1n) is 7.97. The number of piperidine rings is 1. The van der Waals surface area contributed by atoms with E-state index in [9.17, 15) is 18.0 Å². The molecule has 1 atom stereocenters. The first-order valence-corrected chi connectivity index (χ1v) is 7.97. The van der Waals surface area contributed by atoms with Crippen LogP contribution in [0.4, 0.5) is 13.2 Å². The molecule has 5 nitrogen and oxygen atoms in total. The third-order valence-electron chi connectivity index (χ3n) is 4.38. The number of nitrogens with zero attached hydrogens (tertiary/aromatic N) is 2. The maximum absolute atomic E-state index is 12.8. The van der Waals surface area contributed by atoms with E-state index < -0.39 is 18.2 Å². The number of ether oxygens (including phenoxy) is 2. The van der Waals surface area contributed by atoms with Gasteiger partial charge in [0.15, 0.2) is 6.29 Å². The first-order chi connectivity index (χ1) is 11.4. The number of rotatable bonds is 2. The van der Waals surface area contributed by atoms with Gasteiger partial charge in [-0.2, -0.15) is 13.2 Å². The van der Waals surface area contributed by atoms with E-state index in [0.29, 0.717) is 19.8 Å². The molecule has 1 amide bonds. The van der Waals surface area contributed by atoms with Gasteiger partial charge < -0.3 is 14.4 Å². The van der Waals surface area contributed by atoms with Crippen molar-refractivity contribution < 1.29 is 27.4 Å². The smallest absolute Gasteiger partial charge is 0.348 e. The van der Waals surface area contributed by atoms with Crippen LogP contribution in [0.1, 0.15) is 41.0 Å². The predicted molar refractivity (Wildman–Crippen MR) is 78.3 cm³/mol. The number of amides is 1. The minimum absolute atomic E-state index is 0.0763. The quantitative estimate of drug-likeness (QED) is 0.828. The average Bonchev–Trinajstić information content (AvgIpc) is 3.07. The summed E-state index contributed by atoms with van der Waals surface area (Å²) in [5.74, 6) is -0.322. The number of aryl methyl sites for hydroxylation is 1. The van der Waals surface area contributed by atoms with Crippen LogP contribution in [0.15, 0.2) is 12.1 Å². The maximum Gasteiger partial charge on any atom is 0.433 e. The summed E-state index contributed by atoms with van der Waals surface area (Å²) < 4.78 is 49.2. The van der Waals surface area contributed by atoms with E-state index in [1.54, 1.807) is 4.90 Å². The lowest BCUT2D eigenvalue weighted by Crippen LogP contribution is -2.50. The number of likely N-dealkylation sites (tertiary alicyclic amines) is 1. The number of aromatic nitrogens is 1. The van der Waals surface area contributed by atoms with Crippen LogP contribution in [0.5, 0.6) is 0 Å². The number of halogens is 3. The molecule has 132 valence electrons. The van der Waals surface area contributed by atoms with E-state index >= 15 is 0 Å². The monoisotopic (exact) mass is 344 g/mol. The predicted octanol–water partition coefficient (Wildman–Crippen LogP) is 2.78. The number of hydrogen-bond acceptors (Lipinski definition) is 4. The van der Waals surface area contributed by atoms with Gasteiger partial charge in [-0.05, 0) is 38.3 Å². The van der Waals surface area contributed by atoms with Crippen molar-refractivity contribution in [1.82, 2.24) is 9.88 Å². The molecule has 2 aliphatic rings. The van der Waals surface area contributed by atoms with Gasteiger partial charge in [0.05, 0.1) is 30.5 Å². The molecule has 24 heavy (non-hydrogen) atoms. The van der Waals surface area contributed by atoms with Gasteiger partial charge in [-0.1, -0.05) is 0 Å². The molecule has 0 aromatic carbocycles. The summed E-state index contributed by atoms with van der Waals surface area (Å²) in [6, 6.07) is 1.84. The third-order valence-corrected chi connectivity index (χ3v) is 4.38. The van der Waals surface area contributed by atoms with Gasteiger partial charge in [0.2, 0.25) is 0 Å². The molecule has 0 N–H and O–H groups in total. The first kappa shape index (κ1) is 17.2. The van der Waals surface area contributed by atoms with Crippen LogP contribution in [0.25, 0.3) is 0 Å². The van der Waals surface area contributed by atoms with Gasteiger partial charge in [-0.25, -0.2) is 4.98 Å². The minimum atomic E-state index is -4.52. The maximum atomic E-state index is 12.8. The summed E-state index contributed by atoms with van der Waals surface area (Å²) in [6.45, 7) is 2.94. The zero-order valence-electron chi connectivity index (χ0n) is 13.3. The Morgan fingerprint density at radius 1 is 1.25 bits per heavy atom. The molecule has 3 rings (SSSR count). The number of pyridine rings is 1. The normalized spacial score (nSPS) is 22.8. The van der Waals surface area contributed by atoms with Crippen LogP contribution in [0, 0.1) is 6.92 Å². The number of carbonyl (C=O) groups is 1. The van der Waals surface area contributed by atoms with Gasteiger partial charge in [0.25, 0.3) is 5.91 Å². The van der Waals surface area contributed by atoms with Crippen molar-refractivity contribution in [2.24, 2.45) is 0 Å². The van der Waals surface area contributed by atoms with E-state index in [4.69, 9.17) is 9.47 Å². The SMILES string of the molecule is Cc1nc(C(F)(F)F)ccc1C(=O)N1CCCCC1C1OCCO1. The topological polar surface area (TPSA) is 51.7 Å². The van der Waals surface area contributed by atoms with Gasteiger partial charge in [-0.3, -0.25) is 4.79 Å². The molecule has 1 unspecified atom stereocenters. The second-order valence-corrected chi connectivity index (χ2v) is 6.00. The molecule has 0 aliphatic carbocycles. The second-order valence-electron chi connectivity index (χ2n) is 6.00. The Kier molecular flexibility index (Phi) is 4.78. The summed E-state index contributed by atoms with van der Waals surface area (Å²) in [5, 5.41) is 0. The molecule has 1 aromatic heterocycles. The number of carbonyl (C=O) groups excluding carboxylic acids is 1. The van der Waals surface area contributed by atoms with E-state index in [-0.39, 0.29) is 23.2 Å². The van der Waals surface area contributed by atoms with E-state index in [0.717, 1.165) is 25.3 Å². The van der Waals surface area contributed by atoms with Crippen LogP contribution in [-0.2, 0) is 15.7 Å². The Hall–Kier alpha value is -1.67. The molecule has 0 bridgehead atoms. The van der Waals surface area contributed by atoms with Crippen molar-refractivity contribution in [2.75, 3.05) is 19.8 Å². The Morgan fingerprint density at radius 2 is 1.96 bits per heavy atom. The van der Waals surface area contributed by atoms with Crippen LogP contribution in [0.2, 0.25) is 0 Å². The molecule has 0 spiro atoms. The van der Waals surface area contributed by atoms with Crippen LogP contribution in [-0.4, -0.2) is 47.9 Å². The fourth-order valence-corrected chi connectivity index (χ4v) is 3.19. The highest BCUT2D eigenvalue weighted by Gasteiger charge is 2.38. The Labute approximate surface area is 137 Å². The largest absolute Gasteiger partial charge is 0.433 e. The number of hydrogen-bond donors (Lipinski definition) is 0. The molecule has 2 fully saturated rings. The molecule has 1 aromatic rings. The summed E-state index contributed by atoms with van der Waals surface area (Å²) in [5.41, 5.74) is -0.727. The summed E-state index contributed by atoms with van der Waals surface area (Å²) >= 11 is 0. The van der Waals surface area contributed by atoms with Crippen molar-refractivity contribution in [3.63, 3.8) is 0 Å². The highest BCUT2D eigenvalue weighted by molar-refractivity contribution is 5.95. The summed E-state index contributed by atoms with van der Waals surface area (Å²) in [4.78, 5) is 18.0. The van der Waals surface area contributed by atoms with E-state index in [2.05, 4.69) is 4.98 Å². The lowest BCUT2D eigenvalue weighted by Gasteiger charge is -2.38. The molecular weight excluding hydrogens is 325 g/mol. The van der Waals surface area contributed by atoms with Gasteiger partial charge in [0.1, 0.15) is 5.69 Å². The standard InChI is InChI=1S/C16H19F3N2O3/c1-10-11(5-6-13(20-10)16(17,18)19)14(22)21-7-3-2-4-12(21)15-23-8-9-24-15/h5-6,12,15H,2-4,7-9H2,1H3. The molecule has 3 heterocycles. The molecule has 0 saturated carbocycles. The second kappa shape index (κ2) is 6.68. The fourth-order valence-electron chi connectivity index (χ4n) is 3.19. The van der Waals surface area contributed by atoms with Gasteiger partial charge >= 0.3 is 6.18 Å². The molecular formula is C16H19F3N2O3. The average molecular weight is 344 g/mol. The minimum Gasteiger partial charge on any atom is -0.348 e. The Bertz CT molecular complexity index is 615. The Morgan fingerprint density at radius 3 is 2.58 bits per heavy atom. The molecule has 8 heteroatoms. The third kappa shape index (κ3) is 3.39. The van der Waals surface area contributed by atoms with Crippen molar-refractivity contribution in [1.29, 1.82) is 0 Å². The summed E-state index contributed by atoms with van der Waals surface area (Å²) in [6.07, 6.45) is -2.42. The van der Waals surface area contributed by atoms with Gasteiger partial charge in [0, 0.05) is 6.54 Å². The molecule has 2 saturated heterocycles. The lowest BCUT2D eigenvalue weighted by atomic mass is 10.00. The van der Waals surface area contributed by atoms with Crippen LogP contribution >= 0.6 is 0 Å². The van der Waals surface area contributed by atoms with Crippen molar-refractivity contribution in [2.45, 2.75) is 44.7 Å². The van der Waals surface area contributed by atoms with Crippen LogP contribution < -0.4 is 0 Å². The lowest BCUT2D eigenvalue weighted by molar-refractivity contribution is -0.141. The van der Waals surface area contributed by atoms with E-state index in [1.807, 2.05) is 0 Å². The summed E-state index contributed by atoms with van der Waals surface area (Å²) in [7, 11) is 0. The Balaban J connectivity index is 1.84. The fraction of sp³-hybridized carbons (Fsp3) is 0.625. The van der Waals surface area contributed by atoms with Gasteiger partial charge in [-0.15, -0.1) is 0 Å². The highest BCUT2D eigenvalue weighted by atomic mass is 19.4.